The Morgan fingerprint density at radius 2 is 1.97 bits per heavy atom. The number of nitrogens with zero attached hydrogens (tertiary/aromatic N) is 1. The molecule has 2 aromatic carbocycles. The summed E-state index contributed by atoms with van der Waals surface area (Å²) in [7, 11) is 1.29. The molecule has 9 heteroatoms. The molecule has 0 fully saturated rings. The van der Waals surface area contributed by atoms with Gasteiger partial charge in [0.1, 0.15) is 10.0 Å². The third-order valence-electron chi connectivity index (χ3n) is 4.93. The second-order valence-electron chi connectivity index (χ2n) is 6.64. The molecular formula is C21H15ClN2O5S. The molecule has 0 unspecified atom stereocenters. The highest BCUT2D eigenvalue weighted by Crippen LogP contribution is 2.45. The first-order valence-corrected chi connectivity index (χ1v) is 10.2. The van der Waals surface area contributed by atoms with E-state index in [1.165, 1.54) is 36.1 Å². The number of benzene rings is 2. The molecule has 1 aliphatic rings. The highest BCUT2D eigenvalue weighted by molar-refractivity contribution is 7.20. The van der Waals surface area contributed by atoms with Crippen LogP contribution in [0.5, 0.6) is 0 Å². The minimum absolute atomic E-state index is 0.0602. The molecule has 0 saturated heterocycles. The molecule has 152 valence electrons. The summed E-state index contributed by atoms with van der Waals surface area (Å²) < 4.78 is 4.95. The van der Waals surface area contributed by atoms with Gasteiger partial charge in [0.05, 0.1) is 17.6 Å². The highest BCUT2D eigenvalue weighted by atomic mass is 35.5. The Morgan fingerprint density at radius 3 is 2.70 bits per heavy atom. The van der Waals surface area contributed by atoms with Crippen molar-refractivity contribution >= 4 is 45.5 Å². The summed E-state index contributed by atoms with van der Waals surface area (Å²) in [4.78, 5) is 36.7. The largest absolute Gasteiger partial charge is 0.465 e. The first kappa shape index (κ1) is 20.1. The lowest BCUT2D eigenvalue weighted by atomic mass is 9.89. The van der Waals surface area contributed by atoms with E-state index < -0.39 is 16.8 Å². The summed E-state index contributed by atoms with van der Waals surface area (Å²) in [5, 5.41) is 14.1. The van der Waals surface area contributed by atoms with Crippen LogP contribution >= 0.6 is 22.9 Å². The molecule has 0 atom stereocenters. The molecule has 3 aromatic rings. The monoisotopic (exact) mass is 442 g/mol. The van der Waals surface area contributed by atoms with Crippen molar-refractivity contribution in [1.82, 2.24) is 0 Å². The Morgan fingerprint density at radius 1 is 1.20 bits per heavy atom. The fourth-order valence-corrected chi connectivity index (χ4v) is 5.00. The van der Waals surface area contributed by atoms with E-state index in [4.69, 9.17) is 16.3 Å². The van der Waals surface area contributed by atoms with E-state index in [0.29, 0.717) is 17.0 Å². The average Bonchev–Trinajstić information content (AvgIpc) is 3.11. The van der Waals surface area contributed by atoms with Crippen LogP contribution in [0.3, 0.4) is 0 Å². The Bertz CT molecular complexity index is 1200. The lowest BCUT2D eigenvalue weighted by Crippen LogP contribution is -2.15. The zero-order chi connectivity index (χ0) is 21.4. The van der Waals surface area contributed by atoms with Crippen LogP contribution in [0.15, 0.2) is 42.5 Å². The van der Waals surface area contributed by atoms with Gasteiger partial charge in [-0.05, 0) is 41.7 Å². The molecule has 0 bridgehead atoms. The standard InChI is InChI=1S/C21H15ClN2O5S/c1-29-21(26)17-14-8-6-11-4-2-3-5-13(11)18(14)30-20(17)23-19(25)12-7-9-15(22)16(10-12)24(27)28/h2-5,7,9-10H,6,8H2,1H3,(H,23,25). The Balaban J connectivity index is 1.76. The van der Waals surface area contributed by atoms with E-state index in [-0.39, 0.29) is 16.3 Å². The Labute approximate surface area is 180 Å². The van der Waals surface area contributed by atoms with Crippen molar-refractivity contribution in [1.29, 1.82) is 0 Å². The first-order chi connectivity index (χ1) is 14.4. The van der Waals surface area contributed by atoms with Crippen molar-refractivity contribution < 1.29 is 19.2 Å². The number of amides is 1. The van der Waals surface area contributed by atoms with E-state index in [2.05, 4.69) is 5.32 Å². The zero-order valence-corrected chi connectivity index (χ0v) is 17.3. The van der Waals surface area contributed by atoms with Gasteiger partial charge in [0.15, 0.2) is 0 Å². The summed E-state index contributed by atoms with van der Waals surface area (Å²) in [6.45, 7) is 0. The van der Waals surface area contributed by atoms with Gasteiger partial charge in [0, 0.05) is 16.5 Å². The number of ether oxygens (including phenoxy) is 1. The van der Waals surface area contributed by atoms with Gasteiger partial charge < -0.3 is 10.1 Å². The van der Waals surface area contributed by atoms with Crippen LogP contribution in [0.4, 0.5) is 10.7 Å². The molecule has 1 aliphatic carbocycles. The molecule has 0 radical (unpaired) electrons. The third-order valence-corrected chi connectivity index (χ3v) is 6.44. The first-order valence-electron chi connectivity index (χ1n) is 8.98. The molecule has 0 spiro atoms. The zero-order valence-electron chi connectivity index (χ0n) is 15.7. The van der Waals surface area contributed by atoms with E-state index in [1.807, 2.05) is 24.3 Å². The lowest BCUT2D eigenvalue weighted by Gasteiger charge is -2.16. The molecule has 1 amide bonds. The van der Waals surface area contributed by atoms with E-state index >= 15 is 0 Å². The molecular weight excluding hydrogens is 428 g/mol. The van der Waals surface area contributed by atoms with Gasteiger partial charge in [-0.3, -0.25) is 14.9 Å². The van der Waals surface area contributed by atoms with Crippen LogP contribution in [0.1, 0.15) is 31.8 Å². The molecule has 1 N–H and O–H groups in total. The second kappa shape index (κ2) is 7.89. The maximum atomic E-state index is 12.8. The second-order valence-corrected chi connectivity index (χ2v) is 8.07. The molecule has 4 rings (SSSR count). The van der Waals surface area contributed by atoms with Gasteiger partial charge in [0.2, 0.25) is 0 Å². The highest BCUT2D eigenvalue weighted by Gasteiger charge is 2.29. The van der Waals surface area contributed by atoms with E-state index in [1.54, 1.807) is 0 Å². The van der Waals surface area contributed by atoms with Crippen molar-refractivity contribution in [3.63, 3.8) is 0 Å². The number of carbonyl (C=O) groups excluding carboxylic acids is 2. The van der Waals surface area contributed by atoms with Crippen molar-refractivity contribution in [3.05, 3.63) is 79.9 Å². The van der Waals surface area contributed by atoms with Crippen LogP contribution in [-0.4, -0.2) is 23.9 Å². The van der Waals surface area contributed by atoms with Crippen molar-refractivity contribution in [2.24, 2.45) is 0 Å². The van der Waals surface area contributed by atoms with Crippen LogP contribution in [-0.2, 0) is 17.6 Å². The summed E-state index contributed by atoms with van der Waals surface area (Å²) in [6.07, 6.45) is 1.43. The maximum Gasteiger partial charge on any atom is 0.341 e. The number of hydrogen-bond acceptors (Lipinski definition) is 6. The van der Waals surface area contributed by atoms with E-state index in [0.717, 1.165) is 28.5 Å². The topological polar surface area (TPSA) is 98.5 Å². The number of thiophene rings is 1. The van der Waals surface area contributed by atoms with E-state index in [9.17, 15) is 19.7 Å². The summed E-state index contributed by atoms with van der Waals surface area (Å²) >= 11 is 7.12. The molecule has 1 aromatic heterocycles. The fourth-order valence-electron chi connectivity index (χ4n) is 3.52. The van der Waals surface area contributed by atoms with Crippen LogP contribution in [0.2, 0.25) is 5.02 Å². The van der Waals surface area contributed by atoms with Gasteiger partial charge in [-0.25, -0.2) is 4.79 Å². The number of anilines is 1. The van der Waals surface area contributed by atoms with Gasteiger partial charge in [-0.2, -0.15) is 0 Å². The maximum absolute atomic E-state index is 12.8. The predicted molar refractivity (Wildman–Crippen MR) is 115 cm³/mol. The molecule has 30 heavy (non-hydrogen) atoms. The molecule has 7 nitrogen and oxygen atoms in total. The number of rotatable bonds is 4. The summed E-state index contributed by atoms with van der Waals surface area (Å²) in [6, 6.07) is 11.7. The fraction of sp³-hybridized carbons (Fsp3) is 0.143. The number of fused-ring (bicyclic) bond motifs is 3. The van der Waals surface area contributed by atoms with Gasteiger partial charge in [-0.15, -0.1) is 11.3 Å². The smallest absolute Gasteiger partial charge is 0.341 e. The summed E-state index contributed by atoms with van der Waals surface area (Å²) in [5.74, 6) is -1.11. The number of hydrogen-bond donors (Lipinski definition) is 1. The minimum Gasteiger partial charge on any atom is -0.465 e. The molecule has 0 aliphatic heterocycles. The number of halogens is 1. The third kappa shape index (κ3) is 3.44. The predicted octanol–water partition coefficient (Wildman–Crippen LogP) is 5.11. The number of carbonyl (C=O) groups is 2. The molecule has 1 heterocycles. The molecule has 0 saturated carbocycles. The quantitative estimate of drug-likeness (QED) is 0.343. The van der Waals surface area contributed by atoms with Gasteiger partial charge >= 0.3 is 5.97 Å². The van der Waals surface area contributed by atoms with Gasteiger partial charge in [0.25, 0.3) is 11.6 Å². The number of esters is 1. The number of nitro benzene ring substituents is 1. The van der Waals surface area contributed by atoms with Crippen LogP contribution in [0.25, 0.3) is 10.4 Å². The van der Waals surface area contributed by atoms with Crippen molar-refractivity contribution in [2.75, 3.05) is 12.4 Å². The number of nitro groups is 1. The number of nitrogens with one attached hydrogen (secondary N) is 1. The Kier molecular flexibility index (Phi) is 5.27. The normalized spacial score (nSPS) is 11.9. The SMILES string of the molecule is COC(=O)c1c(NC(=O)c2ccc(Cl)c([N+](=O)[O-])c2)sc2c1CCc1ccccc1-2. The average molecular weight is 443 g/mol. The van der Waals surface area contributed by atoms with Crippen molar-refractivity contribution in [2.45, 2.75) is 12.8 Å². The number of methoxy groups -OCH3 is 1. The van der Waals surface area contributed by atoms with Crippen molar-refractivity contribution in [3.8, 4) is 10.4 Å². The van der Waals surface area contributed by atoms with Gasteiger partial charge in [-0.1, -0.05) is 35.9 Å². The van der Waals surface area contributed by atoms with Crippen LogP contribution < -0.4 is 5.32 Å². The Hall–Kier alpha value is -3.23. The minimum atomic E-state index is -0.653. The number of aryl methyl sites for hydroxylation is 1. The van der Waals surface area contributed by atoms with Crippen LogP contribution in [0, 0.1) is 10.1 Å². The lowest BCUT2D eigenvalue weighted by molar-refractivity contribution is -0.384. The summed E-state index contributed by atoms with van der Waals surface area (Å²) in [5.41, 5.74) is 3.06.